The number of carbonyl (C=O) groups excluding carboxylic acids is 2. The van der Waals surface area contributed by atoms with Crippen LogP contribution in [0.2, 0.25) is 0 Å². The van der Waals surface area contributed by atoms with Crippen molar-refractivity contribution in [3.63, 3.8) is 0 Å². The van der Waals surface area contributed by atoms with Crippen molar-refractivity contribution < 1.29 is 14.3 Å². The van der Waals surface area contributed by atoms with Gasteiger partial charge in [0, 0.05) is 23.2 Å². The maximum absolute atomic E-state index is 14.2. The normalized spacial score (nSPS) is 21.1. The molecule has 0 unspecified atom stereocenters. The van der Waals surface area contributed by atoms with E-state index in [2.05, 4.69) is 5.32 Å². The zero-order valence-electron chi connectivity index (χ0n) is 21.9. The highest BCUT2D eigenvalue weighted by Gasteiger charge is 2.49. The Morgan fingerprint density at radius 3 is 2.44 bits per heavy atom. The van der Waals surface area contributed by atoms with Gasteiger partial charge in [-0.2, -0.15) is 0 Å². The molecule has 2 amide bonds. The van der Waals surface area contributed by atoms with E-state index in [1.807, 2.05) is 67.8 Å². The molecule has 1 N–H and O–H groups in total. The summed E-state index contributed by atoms with van der Waals surface area (Å²) < 4.78 is 7.46. The summed E-state index contributed by atoms with van der Waals surface area (Å²) in [6, 6.07) is 14.0. The summed E-state index contributed by atoms with van der Waals surface area (Å²) in [6.45, 7) is 6.31. The second-order valence-corrected chi connectivity index (χ2v) is 10.8. The number of hydrogen-bond acceptors (Lipinski definition) is 3. The van der Waals surface area contributed by atoms with Crippen molar-refractivity contribution in [1.82, 2.24) is 9.88 Å². The lowest BCUT2D eigenvalue weighted by molar-refractivity contribution is -0.127. The number of fused-ring (bicyclic) bond motifs is 3. The molecule has 1 aliphatic heterocycles. The lowest BCUT2D eigenvalue weighted by atomic mass is 9.90. The first-order chi connectivity index (χ1) is 17.3. The number of aryl methyl sites for hydroxylation is 2. The molecule has 1 aliphatic carbocycles. The zero-order chi connectivity index (χ0) is 25.4. The zero-order valence-corrected chi connectivity index (χ0v) is 21.9. The van der Waals surface area contributed by atoms with E-state index in [1.54, 1.807) is 12.0 Å². The molecule has 2 heterocycles. The Kier molecular flexibility index (Phi) is 6.54. The predicted molar refractivity (Wildman–Crippen MR) is 144 cm³/mol. The SMILES string of the molecule is COc1ccc2cc3n(c2c1)C[C@@](C)(C(=O)NC1CCCCCCC1)N(c1cc(C)ccc1C)C3=O. The van der Waals surface area contributed by atoms with Crippen LogP contribution < -0.4 is 15.0 Å². The summed E-state index contributed by atoms with van der Waals surface area (Å²) in [7, 11) is 1.64. The highest BCUT2D eigenvalue weighted by molar-refractivity contribution is 6.14. The van der Waals surface area contributed by atoms with Gasteiger partial charge < -0.3 is 14.6 Å². The smallest absolute Gasteiger partial charge is 0.275 e. The monoisotopic (exact) mass is 487 g/mol. The van der Waals surface area contributed by atoms with Crippen LogP contribution >= 0.6 is 0 Å². The van der Waals surface area contributed by atoms with Gasteiger partial charge in [0.15, 0.2) is 0 Å². The molecule has 1 atom stereocenters. The molecule has 0 saturated heterocycles. The molecule has 6 heteroatoms. The van der Waals surface area contributed by atoms with Gasteiger partial charge >= 0.3 is 0 Å². The number of nitrogens with one attached hydrogen (secondary N) is 1. The summed E-state index contributed by atoms with van der Waals surface area (Å²) in [4.78, 5) is 30.1. The molecule has 36 heavy (non-hydrogen) atoms. The van der Waals surface area contributed by atoms with E-state index >= 15 is 0 Å². The number of nitrogens with zero attached hydrogens (tertiary/aromatic N) is 2. The third-order valence-corrected chi connectivity index (χ3v) is 8.03. The van der Waals surface area contributed by atoms with Crippen LogP contribution in [-0.4, -0.2) is 35.1 Å². The fourth-order valence-corrected chi connectivity index (χ4v) is 5.88. The van der Waals surface area contributed by atoms with Gasteiger partial charge in [0.05, 0.1) is 19.2 Å². The minimum Gasteiger partial charge on any atom is -0.497 e. The van der Waals surface area contributed by atoms with E-state index in [0.29, 0.717) is 12.2 Å². The van der Waals surface area contributed by atoms with Crippen LogP contribution in [0.25, 0.3) is 10.9 Å². The van der Waals surface area contributed by atoms with E-state index in [0.717, 1.165) is 59.2 Å². The molecule has 0 bridgehead atoms. The van der Waals surface area contributed by atoms with Gasteiger partial charge in [-0.3, -0.25) is 14.5 Å². The van der Waals surface area contributed by atoms with Crippen molar-refractivity contribution in [2.24, 2.45) is 0 Å². The highest BCUT2D eigenvalue weighted by atomic mass is 16.5. The first-order valence-corrected chi connectivity index (χ1v) is 13.2. The Morgan fingerprint density at radius 1 is 1.00 bits per heavy atom. The Labute approximate surface area is 213 Å². The Morgan fingerprint density at radius 2 is 1.72 bits per heavy atom. The standard InChI is InChI=1S/C30H37N3O3/c1-20-12-13-21(2)25(16-20)33-28(34)27-17-22-14-15-24(36-4)18-26(22)32(27)19-30(33,3)29(35)31-23-10-8-6-5-7-9-11-23/h12-18,23H,5-11,19H2,1-4H3,(H,31,35)/t30-/m0/s1. The fraction of sp³-hybridized carbons (Fsp3) is 0.467. The Bertz CT molecular complexity index is 1300. The van der Waals surface area contributed by atoms with Crippen LogP contribution in [0.4, 0.5) is 5.69 Å². The average molecular weight is 488 g/mol. The van der Waals surface area contributed by atoms with Crippen LogP contribution in [-0.2, 0) is 11.3 Å². The molecule has 0 radical (unpaired) electrons. The van der Waals surface area contributed by atoms with E-state index in [1.165, 1.54) is 19.3 Å². The van der Waals surface area contributed by atoms with Crippen molar-refractivity contribution >= 4 is 28.4 Å². The van der Waals surface area contributed by atoms with Gasteiger partial charge in [-0.1, -0.05) is 44.2 Å². The van der Waals surface area contributed by atoms with Crippen LogP contribution in [0.1, 0.15) is 73.5 Å². The molecule has 1 fully saturated rings. The second kappa shape index (κ2) is 9.64. The van der Waals surface area contributed by atoms with E-state index in [-0.39, 0.29) is 17.9 Å². The van der Waals surface area contributed by atoms with Crippen LogP contribution in [0.3, 0.4) is 0 Å². The molecule has 3 aromatic rings. The molecule has 5 rings (SSSR count). The second-order valence-electron chi connectivity index (χ2n) is 10.8. The van der Waals surface area contributed by atoms with E-state index < -0.39 is 5.54 Å². The van der Waals surface area contributed by atoms with Gasteiger partial charge in [-0.05, 0) is 69.0 Å². The fourth-order valence-electron chi connectivity index (χ4n) is 5.88. The summed E-state index contributed by atoms with van der Waals surface area (Å²) in [5.41, 5.74) is 3.25. The van der Waals surface area contributed by atoms with Crippen LogP contribution in [0.5, 0.6) is 5.75 Å². The summed E-state index contributed by atoms with van der Waals surface area (Å²) in [5, 5.41) is 4.34. The maximum Gasteiger partial charge on any atom is 0.275 e. The topological polar surface area (TPSA) is 63.6 Å². The number of carbonyl (C=O) groups is 2. The van der Waals surface area contributed by atoms with E-state index in [4.69, 9.17) is 4.74 Å². The van der Waals surface area contributed by atoms with E-state index in [9.17, 15) is 9.59 Å². The molecule has 2 aliphatic rings. The first-order valence-electron chi connectivity index (χ1n) is 13.2. The van der Waals surface area contributed by atoms with Gasteiger partial charge in [0.1, 0.15) is 17.0 Å². The van der Waals surface area contributed by atoms with Crippen LogP contribution in [0.15, 0.2) is 42.5 Å². The Balaban J connectivity index is 1.61. The number of benzene rings is 2. The summed E-state index contributed by atoms with van der Waals surface area (Å²) in [5.74, 6) is 0.492. The third kappa shape index (κ3) is 4.27. The minimum atomic E-state index is -1.08. The first kappa shape index (κ1) is 24.4. The van der Waals surface area contributed by atoms with Gasteiger partial charge in [0.25, 0.3) is 5.91 Å². The number of ether oxygens (including phenoxy) is 1. The highest BCUT2D eigenvalue weighted by Crippen LogP contribution is 2.38. The lowest BCUT2D eigenvalue weighted by Gasteiger charge is -2.45. The molecule has 2 aromatic carbocycles. The van der Waals surface area contributed by atoms with Crippen molar-refractivity contribution in [3.05, 3.63) is 59.3 Å². The van der Waals surface area contributed by atoms with Crippen LogP contribution in [0, 0.1) is 13.8 Å². The average Bonchev–Trinajstić information content (AvgIpc) is 3.20. The van der Waals surface area contributed by atoms with Gasteiger partial charge in [-0.25, -0.2) is 0 Å². The van der Waals surface area contributed by atoms with Crippen molar-refractivity contribution in [2.75, 3.05) is 12.0 Å². The Hall–Kier alpha value is -3.28. The quantitative estimate of drug-likeness (QED) is 0.497. The molecule has 6 nitrogen and oxygen atoms in total. The molecule has 0 spiro atoms. The molecule has 190 valence electrons. The molecular formula is C30H37N3O3. The third-order valence-electron chi connectivity index (χ3n) is 8.03. The number of hydrogen-bond donors (Lipinski definition) is 1. The van der Waals surface area contributed by atoms with Gasteiger partial charge in [-0.15, -0.1) is 0 Å². The van der Waals surface area contributed by atoms with Gasteiger partial charge in [0.2, 0.25) is 5.91 Å². The number of methoxy groups -OCH3 is 1. The maximum atomic E-state index is 14.2. The number of anilines is 1. The number of rotatable bonds is 4. The summed E-state index contributed by atoms with van der Waals surface area (Å²) >= 11 is 0. The largest absolute Gasteiger partial charge is 0.497 e. The van der Waals surface area contributed by atoms with Crippen molar-refractivity contribution in [2.45, 2.75) is 83.8 Å². The predicted octanol–water partition coefficient (Wildman–Crippen LogP) is 5.91. The number of amides is 2. The van der Waals surface area contributed by atoms with Crippen molar-refractivity contribution in [1.29, 1.82) is 0 Å². The number of aromatic nitrogens is 1. The lowest BCUT2D eigenvalue weighted by Crippen LogP contribution is -2.65. The molecular weight excluding hydrogens is 450 g/mol. The van der Waals surface area contributed by atoms with Crippen molar-refractivity contribution in [3.8, 4) is 5.75 Å². The molecule has 1 saturated carbocycles. The summed E-state index contributed by atoms with van der Waals surface area (Å²) in [6.07, 6.45) is 7.97. The minimum absolute atomic E-state index is 0.0854. The molecule has 1 aromatic heterocycles.